The second-order valence-corrected chi connectivity index (χ2v) is 9.66. The molecule has 0 aliphatic heterocycles. The minimum absolute atomic E-state index is 0.223. The van der Waals surface area contributed by atoms with Crippen LogP contribution in [0.25, 0.3) is 10.8 Å². The predicted molar refractivity (Wildman–Crippen MR) is 102 cm³/mol. The van der Waals surface area contributed by atoms with Crippen molar-refractivity contribution in [3.63, 3.8) is 0 Å². The van der Waals surface area contributed by atoms with E-state index in [0.717, 1.165) is 11.8 Å². The number of aryl methyl sites for hydroxylation is 1. The van der Waals surface area contributed by atoms with Gasteiger partial charge in [0, 0.05) is 0 Å². The van der Waals surface area contributed by atoms with Crippen molar-refractivity contribution >= 4 is 10.8 Å². The van der Waals surface area contributed by atoms with Crippen molar-refractivity contribution in [3.8, 4) is 0 Å². The van der Waals surface area contributed by atoms with Crippen molar-refractivity contribution in [2.24, 2.45) is 17.3 Å². The minimum atomic E-state index is 0.223. The van der Waals surface area contributed by atoms with Gasteiger partial charge < -0.3 is 0 Å². The van der Waals surface area contributed by atoms with E-state index in [4.69, 9.17) is 0 Å². The number of allylic oxidation sites excluding steroid dienone is 2. The van der Waals surface area contributed by atoms with Crippen LogP contribution in [0, 0.1) is 17.3 Å². The molecule has 3 atom stereocenters. The molecule has 1 fully saturated rings. The molecule has 2 bridgehead atoms. The molecule has 3 unspecified atom stereocenters. The molecule has 2 aromatic carbocycles. The summed E-state index contributed by atoms with van der Waals surface area (Å²) in [6.45, 7) is 6.93. The van der Waals surface area contributed by atoms with E-state index >= 15 is 0 Å². The van der Waals surface area contributed by atoms with Crippen LogP contribution in [0.5, 0.6) is 0 Å². The SMILES string of the molecule is CC(C)(C)c1ccc2cc3c(cc2c1)CC1(CC3)CC2C=CC1C2. The molecule has 0 radical (unpaired) electrons. The van der Waals surface area contributed by atoms with Crippen LogP contribution in [0.3, 0.4) is 0 Å². The van der Waals surface area contributed by atoms with E-state index in [2.05, 4.69) is 63.3 Å². The van der Waals surface area contributed by atoms with Crippen LogP contribution in [-0.2, 0) is 18.3 Å². The molecule has 1 spiro atoms. The fourth-order valence-electron chi connectivity index (χ4n) is 5.65. The van der Waals surface area contributed by atoms with Crippen molar-refractivity contribution in [1.29, 1.82) is 0 Å². The smallest absolute Gasteiger partial charge is 0.0132 e. The zero-order chi connectivity index (χ0) is 16.5. The number of hydrogen-bond donors (Lipinski definition) is 0. The highest BCUT2D eigenvalue weighted by Crippen LogP contribution is 2.57. The molecule has 0 heterocycles. The Morgan fingerprint density at radius 3 is 2.50 bits per heavy atom. The molecule has 3 aliphatic carbocycles. The summed E-state index contributed by atoms with van der Waals surface area (Å²) < 4.78 is 0. The van der Waals surface area contributed by atoms with Gasteiger partial charge in [0.1, 0.15) is 0 Å². The Kier molecular flexibility index (Phi) is 2.92. The van der Waals surface area contributed by atoms with Crippen molar-refractivity contribution in [3.05, 3.63) is 59.2 Å². The second kappa shape index (κ2) is 4.75. The highest BCUT2D eigenvalue weighted by atomic mass is 14.5. The third-order valence-corrected chi connectivity index (χ3v) is 7.09. The maximum Gasteiger partial charge on any atom is -0.0132 e. The Hall–Kier alpha value is -1.56. The zero-order valence-electron chi connectivity index (χ0n) is 15.2. The van der Waals surface area contributed by atoms with Crippen molar-refractivity contribution in [1.82, 2.24) is 0 Å². The molecule has 0 N–H and O–H groups in total. The lowest BCUT2D eigenvalue weighted by Crippen LogP contribution is -2.32. The number of rotatable bonds is 0. The summed E-state index contributed by atoms with van der Waals surface area (Å²) in [6, 6.07) is 12.1. The van der Waals surface area contributed by atoms with Gasteiger partial charge in [0.25, 0.3) is 0 Å². The van der Waals surface area contributed by atoms with Gasteiger partial charge in [-0.3, -0.25) is 0 Å². The fourth-order valence-corrected chi connectivity index (χ4v) is 5.65. The summed E-state index contributed by atoms with van der Waals surface area (Å²) in [6.07, 6.45) is 11.9. The second-order valence-electron chi connectivity index (χ2n) is 9.66. The van der Waals surface area contributed by atoms with Gasteiger partial charge in [-0.1, -0.05) is 63.3 Å². The monoisotopic (exact) mass is 316 g/mol. The average molecular weight is 316 g/mol. The van der Waals surface area contributed by atoms with Crippen LogP contribution < -0.4 is 0 Å². The van der Waals surface area contributed by atoms with Gasteiger partial charge in [0.05, 0.1) is 0 Å². The van der Waals surface area contributed by atoms with E-state index in [9.17, 15) is 0 Å². The number of fused-ring (bicyclic) bond motifs is 5. The highest BCUT2D eigenvalue weighted by Gasteiger charge is 2.49. The van der Waals surface area contributed by atoms with Gasteiger partial charge in [-0.2, -0.15) is 0 Å². The summed E-state index contributed by atoms with van der Waals surface area (Å²) in [5, 5.41) is 2.86. The Morgan fingerprint density at radius 1 is 0.958 bits per heavy atom. The third-order valence-electron chi connectivity index (χ3n) is 7.09. The first-order chi connectivity index (χ1) is 11.4. The first-order valence-electron chi connectivity index (χ1n) is 9.67. The van der Waals surface area contributed by atoms with E-state index in [-0.39, 0.29) is 5.41 Å². The number of hydrogen-bond acceptors (Lipinski definition) is 0. The van der Waals surface area contributed by atoms with E-state index in [0.29, 0.717) is 5.41 Å². The molecule has 0 amide bonds. The molecule has 0 saturated heterocycles. The summed E-state index contributed by atoms with van der Waals surface area (Å²) in [7, 11) is 0. The average Bonchev–Trinajstić information content (AvgIpc) is 3.12. The lowest BCUT2D eigenvalue weighted by atomic mass is 9.64. The zero-order valence-corrected chi connectivity index (χ0v) is 15.2. The first-order valence-corrected chi connectivity index (χ1v) is 9.67. The maximum absolute atomic E-state index is 2.54. The topological polar surface area (TPSA) is 0 Å². The lowest BCUT2D eigenvalue weighted by molar-refractivity contribution is 0.195. The quantitative estimate of drug-likeness (QED) is 0.507. The van der Waals surface area contributed by atoms with E-state index < -0.39 is 0 Å². The molecule has 1 saturated carbocycles. The first kappa shape index (κ1) is 14.8. The van der Waals surface area contributed by atoms with Gasteiger partial charge in [0.2, 0.25) is 0 Å². The molecule has 5 rings (SSSR count). The Labute approximate surface area is 146 Å². The van der Waals surface area contributed by atoms with E-state index in [1.807, 2.05) is 0 Å². The van der Waals surface area contributed by atoms with Gasteiger partial charge in [-0.15, -0.1) is 0 Å². The summed E-state index contributed by atoms with van der Waals surface area (Å²) in [4.78, 5) is 0. The maximum atomic E-state index is 2.54. The normalized spacial score (nSPS) is 31.1. The fraction of sp³-hybridized carbons (Fsp3) is 0.500. The Balaban J connectivity index is 1.58. The molecular formula is C24H28. The van der Waals surface area contributed by atoms with E-state index in [1.54, 1.807) is 11.1 Å². The van der Waals surface area contributed by atoms with Crippen molar-refractivity contribution in [2.75, 3.05) is 0 Å². The van der Waals surface area contributed by atoms with Crippen LogP contribution in [0.1, 0.15) is 56.7 Å². The largest absolute Gasteiger partial charge is 0.0851 e. The Bertz CT molecular complexity index is 848. The lowest BCUT2D eigenvalue weighted by Gasteiger charge is -2.40. The summed E-state index contributed by atoms with van der Waals surface area (Å²) in [5.74, 6) is 1.73. The number of benzene rings is 2. The Morgan fingerprint density at radius 2 is 1.79 bits per heavy atom. The molecule has 0 aromatic heterocycles. The van der Waals surface area contributed by atoms with Crippen LogP contribution in [-0.4, -0.2) is 0 Å². The highest BCUT2D eigenvalue weighted by molar-refractivity contribution is 5.85. The van der Waals surface area contributed by atoms with Crippen molar-refractivity contribution < 1.29 is 0 Å². The van der Waals surface area contributed by atoms with Crippen molar-refractivity contribution in [2.45, 2.75) is 58.3 Å². The van der Waals surface area contributed by atoms with Crippen LogP contribution in [0.2, 0.25) is 0 Å². The van der Waals surface area contributed by atoms with Gasteiger partial charge in [0.15, 0.2) is 0 Å². The molecule has 24 heavy (non-hydrogen) atoms. The molecule has 2 aromatic rings. The molecule has 3 aliphatic rings. The molecule has 0 nitrogen and oxygen atoms in total. The van der Waals surface area contributed by atoms with Gasteiger partial charge in [-0.05, 0) is 82.2 Å². The standard InChI is InChI=1S/C24H28/c1-23(2,3)21-7-5-17-11-18-8-9-24(14-16-4-6-22(24)10-16)15-20(18)12-19(17)13-21/h4-7,11-13,16,22H,8-10,14-15H2,1-3H3. The van der Waals surface area contributed by atoms with Gasteiger partial charge >= 0.3 is 0 Å². The van der Waals surface area contributed by atoms with Crippen LogP contribution in [0.15, 0.2) is 42.5 Å². The van der Waals surface area contributed by atoms with Crippen LogP contribution >= 0.6 is 0 Å². The third kappa shape index (κ3) is 2.11. The van der Waals surface area contributed by atoms with Gasteiger partial charge in [-0.25, -0.2) is 0 Å². The summed E-state index contributed by atoms with van der Waals surface area (Å²) in [5.41, 5.74) is 5.51. The van der Waals surface area contributed by atoms with E-state index in [1.165, 1.54) is 48.4 Å². The van der Waals surface area contributed by atoms with Crippen LogP contribution in [0.4, 0.5) is 0 Å². The molecule has 0 heteroatoms. The molecular weight excluding hydrogens is 288 g/mol. The minimum Gasteiger partial charge on any atom is -0.0851 e. The molecule has 124 valence electrons. The predicted octanol–water partition coefficient (Wildman–Crippen LogP) is 6.21. The summed E-state index contributed by atoms with van der Waals surface area (Å²) >= 11 is 0.